The van der Waals surface area contributed by atoms with Crippen molar-refractivity contribution in [3.8, 4) is 17.2 Å². The predicted octanol–water partition coefficient (Wildman–Crippen LogP) is 8.53. The van der Waals surface area contributed by atoms with Crippen LogP contribution in [0, 0.1) is 27.9 Å². The number of amides is 1. The molecule has 2 aliphatic carbocycles. The number of hydrogen-bond donors (Lipinski definition) is 2. The van der Waals surface area contributed by atoms with Crippen LogP contribution in [0.15, 0.2) is 102 Å². The Morgan fingerprint density at radius 2 is 1.81 bits per heavy atom. The van der Waals surface area contributed by atoms with Crippen LogP contribution in [0.4, 0.5) is 10.5 Å². The number of hydrogen-bond acceptors (Lipinski definition) is 11. The van der Waals surface area contributed by atoms with Crippen LogP contribution in [0.25, 0.3) is 0 Å². The lowest BCUT2D eigenvalue weighted by atomic mass is 9.55. The smallest absolute Gasteiger partial charge is 0.410 e. The van der Waals surface area contributed by atoms with Crippen LogP contribution in [0.1, 0.15) is 62.0 Å². The number of aliphatic hydroxyl groups is 2. The van der Waals surface area contributed by atoms with Gasteiger partial charge in [0, 0.05) is 44.2 Å². The molecule has 1 saturated carbocycles. The maximum atomic E-state index is 13.7. The quantitative estimate of drug-likeness (QED) is 0.0372. The summed E-state index contributed by atoms with van der Waals surface area (Å²) in [7, 11) is 1.65. The summed E-state index contributed by atoms with van der Waals surface area (Å²) < 4.78 is 25.9. The highest BCUT2D eigenvalue weighted by molar-refractivity contribution is 6.18. The third kappa shape index (κ3) is 9.50. The van der Waals surface area contributed by atoms with Crippen LogP contribution in [0.3, 0.4) is 0 Å². The zero-order valence-electron chi connectivity index (χ0n) is 32.7. The minimum absolute atomic E-state index is 0.00972. The van der Waals surface area contributed by atoms with Gasteiger partial charge in [0.25, 0.3) is 5.69 Å². The van der Waals surface area contributed by atoms with Crippen molar-refractivity contribution in [1.82, 2.24) is 4.90 Å². The second-order valence-electron chi connectivity index (χ2n) is 14.8. The average molecular weight is 818 g/mol. The summed E-state index contributed by atoms with van der Waals surface area (Å²) in [6, 6.07) is 20.5. The van der Waals surface area contributed by atoms with Gasteiger partial charge in [0.05, 0.1) is 35.1 Å². The summed E-state index contributed by atoms with van der Waals surface area (Å²) in [4.78, 5) is 32.4. The minimum Gasteiger partial charge on any atom is -0.459 e. The van der Waals surface area contributed by atoms with E-state index in [9.17, 15) is 25.1 Å². The van der Waals surface area contributed by atoms with Crippen LogP contribution in [0.2, 0.25) is 0 Å². The van der Waals surface area contributed by atoms with E-state index in [0.717, 1.165) is 42.4 Å². The van der Waals surface area contributed by atoms with Crippen molar-refractivity contribution in [3.63, 3.8) is 0 Å². The number of nitro groups is 1. The van der Waals surface area contributed by atoms with E-state index in [1.807, 2.05) is 42.5 Å². The maximum Gasteiger partial charge on any atom is 0.410 e. The molecule has 310 valence electrons. The van der Waals surface area contributed by atoms with Crippen LogP contribution in [0.5, 0.6) is 17.2 Å². The molecule has 13 nitrogen and oxygen atoms in total. The molecule has 3 aromatic rings. The van der Waals surface area contributed by atoms with Gasteiger partial charge < -0.3 is 38.9 Å². The predicted molar refractivity (Wildman–Crippen MR) is 219 cm³/mol. The van der Waals surface area contributed by atoms with Crippen molar-refractivity contribution in [3.05, 3.63) is 118 Å². The Bertz CT molecular complexity index is 1940. The second-order valence-corrected chi connectivity index (χ2v) is 15.2. The Labute approximate surface area is 344 Å². The fourth-order valence-electron chi connectivity index (χ4n) is 8.70. The number of allylic oxidation sites excluding steroid dienone is 1. The van der Waals surface area contributed by atoms with Gasteiger partial charge in [0.15, 0.2) is 0 Å². The first-order chi connectivity index (χ1) is 28.2. The molecule has 3 aliphatic rings. The minimum atomic E-state index is -1.46. The molecule has 1 aliphatic heterocycles. The summed E-state index contributed by atoms with van der Waals surface area (Å²) >= 11 is 5.94. The summed E-state index contributed by atoms with van der Waals surface area (Å²) in [5, 5.41) is 36.1. The molecule has 0 radical (unpaired) electrons. The van der Waals surface area contributed by atoms with Crippen molar-refractivity contribution in [2.45, 2.75) is 69.3 Å². The number of carbonyl (C=O) groups is 1. The molecule has 3 aromatic carbocycles. The molecule has 0 saturated heterocycles. The van der Waals surface area contributed by atoms with E-state index >= 15 is 0 Å². The van der Waals surface area contributed by atoms with Crippen LogP contribution in [-0.4, -0.2) is 83.0 Å². The lowest BCUT2D eigenvalue weighted by molar-refractivity contribution is -0.384. The largest absolute Gasteiger partial charge is 0.459 e. The van der Waals surface area contributed by atoms with Gasteiger partial charge in [0.2, 0.25) is 5.79 Å². The molecule has 0 spiro atoms. The lowest BCUT2D eigenvalue weighted by Gasteiger charge is -2.59. The number of halogens is 1. The number of carbonyl (C=O) groups excluding carboxylic acids is 1. The van der Waals surface area contributed by atoms with Crippen LogP contribution in [-0.2, 0) is 20.9 Å². The van der Waals surface area contributed by atoms with Gasteiger partial charge in [-0.2, -0.15) is 0 Å². The number of unbranched alkanes of at least 4 members (excludes halogenated alkanes) is 2. The van der Waals surface area contributed by atoms with Gasteiger partial charge in [-0.15, -0.1) is 18.2 Å². The SMILES string of the molecule is C=CCO[C@@]12Oc3ccc(Oc4cccc([N+](=O)[O-])c4)cc3[C@H]3[C@H](CCCCO)[C@@H](CCCCO)C=C(C(=NOCc4ccccc4)C[C@@H]1N(C)C(=O)OCCCl)[C@H]32. The molecule has 1 fully saturated rings. The summed E-state index contributed by atoms with van der Waals surface area (Å²) in [6.07, 6.45) is 7.83. The maximum absolute atomic E-state index is 13.7. The summed E-state index contributed by atoms with van der Waals surface area (Å²) in [5.41, 5.74) is 3.21. The van der Waals surface area contributed by atoms with E-state index in [4.69, 9.17) is 40.5 Å². The summed E-state index contributed by atoms with van der Waals surface area (Å²) in [5.74, 6) is -0.868. The third-order valence-corrected chi connectivity index (χ3v) is 11.4. The molecule has 1 amide bonds. The van der Waals surface area contributed by atoms with E-state index in [0.29, 0.717) is 35.8 Å². The van der Waals surface area contributed by atoms with Crippen molar-refractivity contribution >= 4 is 29.1 Å². The first-order valence-corrected chi connectivity index (χ1v) is 20.4. The molecular formula is C44H52ClN3O10. The standard InChI is InChI=1S/C44H52ClN3O10/c1-3-23-55-44-40(47(2)43(51)54-24-20-45)28-38(46-56-29-30-12-5-4-6-13-30)36-25-31(14-7-9-21-49)35(17-8-10-22-50)41(42(36)44)37-27-34(18-19-39(37)58-44)57-33-16-11-15-32(26-33)48(52)53/h3-6,11-13,15-16,18-19,25-27,31,35,40-42,49-50H,1,7-10,14,17,20-24,28-29H2,2H3/t31-,35+,40-,41+,42+,44+/m0/s1. The van der Waals surface area contributed by atoms with Gasteiger partial charge >= 0.3 is 6.09 Å². The molecular weight excluding hydrogens is 766 g/mol. The van der Waals surface area contributed by atoms with E-state index in [1.165, 1.54) is 17.0 Å². The monoisotopic (exact) mass is 817 g/mol. The number of likely N-dealkylation sites (N-methyl/N-ethyl adjacent to an activating group) is 1. The van der Waals surface area contributed by atoms with Gasteiger partial charge in [0.1, 0.15) is 36.5 Å². The van der Waals surface area contributed by atoms with Gasteiger partial charge in [-0.3, -0.25) is 10.1 Å². The Morgan fingerprint density at radius 1 is 1.05 bits per heavy atom. The fourth-order valence-corrected chi connectivity index (χ4v) is 8.78. The topological polar surface area (TPSA) is 162 Å². The number of alkyl halides is 1. The number of nitrogens with zero attached hydrogens (tertiary/aromatic N) is 3. The van der Waals surface area contributed by atoms with E-state index in [-0.39, 0.29) is 68.8 Å². The fraction of sp³-hybridized carbons (Fsp3) is 0.455. The van der Waals surface area contributed by atoms with Crippen LogP contribution >= 0.6 is 11.6 Å². The highest BCUT2D eigenvalue weighted by atomic mass is 35.5. The Kier molecular flexibility index (Phi) is 14.8. The van der Waals surface area contributed by atoms with Gasteiger partial charge in [-0.25, -0.2) is 4.79 Å². The summed E-state index contributed by atoms with van der Waals surface area (Å²) in [6.45, 7) is 4.42. The molecule has 1 heterocycles. The number of benzene rings is 3. The van der Waals surface area contributed by atoms with Crippen LogP contribution < -0.4 is 9.47 Å². The number of aliphatic hydroxyl groups excluding tert-OH is 2. The van der Waals surface area contributed by atoms with E-state index in [1.54, 1.807) is 31.3 Å². The third-order valence-electron chi connectivity index (χ3n) is 11.2. The second kappa shape index (κ2) is 20.1. The number of fused-ring (bicyclic) bond motifs is 2. The van der Waals surface area contributed by atoms with Crippen molar-refractivity contribution < 1.29 is 43.7 Å². The first kappa shape index (κ1) is 42.7. The Balaban J connectivity index is 1.55. The molecule has 6 rings (SSSR count). The van der Waals surface area contributed by atoms with Crippen molar-refractivity contribution in [1.29, 1.82) is 0 Å². The Morgan fingerprint density at radius 3 is 2.53 bits per heavy atom. The normalized spacial score (nSPS) is 23.8. The Hall–Kier alpha value is -4.95. The highest BCUT2D eigenvalue weighted by Gasteiger charge is 2.65. The number of oxime groups is 1. The number of non-ortho nitro benzene ring substituents is 1. The first-order valence-electron chi connectivity index (χ1n) is 19.9. The van der Waals surface area contributed by atoms with E-state index in [2.05, 4.69) is 12.7 Å². The molecule has 14 heteroatoms. The van der Waals surface area contributed by atoms with Crippen molar-refractivity contribution in [2.75, 3.05) is 39.4 Å². The molecule has 0 bridgehead atoms. The number of ether oxygens (including phenoxy) is 4. The molecule has 58 heavy (non-hydrogen) atoms. The van der Waals surface area contributed by atoms with Gasteiger partial charge in [-0.1, -0.05) is 66.5 Å². The molecule has 2 N–H and O–H groups in total. The number of nitro benzene ring substituents is 1. The zero-order valence-corrected chi connectivity index (χ0v) is 33.5. The molecule has 0 aromatic heterocycles. The highest BCUT2D eigenvalue weighted by Crippen LogP contribution is 2.62. The van der Waals surface area contributed by atoms with Gasteiger partial charge in [-0.05, 0) is 72.9 Å². The average Bonchev–Trinajstić information content (AvgIpc) is 3.23. The van der Waals surface area contributed by atoms with Crippen molar-refractivity contribution in [2.24, 2.45) is 22.9 Å². The molecule has 6 atom stereocenters. The zero-order chi connectivity index (χ0) is 41.1. The van der Waals surface area contributed by atoms with E-state index < -0.39 is 28.8 Å². The molecule has 0 unspecified atom stereocenters. The lowest BCUT2D eigenvalue weighted by Crippen LogP contribution is -2.69. The number of rotatable bonds is 20.